The van der Waals surface area contributed by atoms with Crippen LogP contribution in [0.2, 0.25) is 0 Å². The molecule has 0 radical (unpaired) electrons. The van der Waals surface area contributed by atoms with Crippen molar-refractivity contribution in [3.63, 3.8) is 0 Å². The van der Waals surface area contributed by atoms with Crippen LogP contribution in [0.4, 0.5) is 5.13 Å². The number of rotatable bonds is 5. The summed E-state index contributed by atoms with van der Waals surface area (Å²) in [5.74, 6) is 0.620. The van der Waals surface area contributed by atoms with Gasteiger partial charge in [0.2, 0.25) is 5.13 Å². The number of benzene rings is 2. The minimum Gasteiger partial charge on any atom is -0.465 e. The number of Topliss-reactive ketones (excluding diaryl/α,β-unsaturated/α-hetero) is 1. The number of hydrogen-bond acceptors (Lipinski definition) is 8. The van der Waals surface area contributed by atoms with Gasteiger partial charge in [0.25, 0.3) is 5.91 Å². The van der Waals surface area contributed by atoms with Crippen LogP contribution in [0.5, 0.6) is 0 Å². The monoisotopic (exact) mass is 504 g/mol. The van der Waals surface area contributed by atoms with Gasteiger partial charge >= 0.3 is 5.97 Å². The minimum absolute atomic E-state index is 0.0566. The number of piperazine rings is 1. The lowest BCUT2D eigenvalue weighted by atomic mass is 9.68. The van der Waals surface area contributed by atoms with Crippen LogP contribution in [0.15, 0.2) is 54.6 Å². The van der Waals surface area contributed by atoms with E-state index < -0.39 is 5.97 Å². The number of carbonyl (C=O) groups is 3. The van der Waals surface area contributed by atoms with Gasteiger partial charge < -0.3 is 14.5 Å². The molecule has 1 aliphatic heterocycles. The zero-order valence-corrected chi connectivity index (χ0v) is 21.0. The zero-order chi connectivity index (χ0) is 25.1. The summed E-state index contributed by atoms with van der Waals surface area (Å²) in [6.45, 7) is 2.48. The number of ether oxygens (including phenoxy) is 1. The molecule has 36 heavy (non-hydrogen) atoms. The van der Waals surface area contributed by atoms with E-state index in [-0.39, 0.29) is 11.3 Å². The van der Waals surface area contributed by atoms with Gasteiger partial charge in [-0.25, -0.2) is 9.78 Å². The molecule has 1 amide bonds. The number of ketones is 1. The van der Waals surface area contributed by atoms with Crippen molar-refractivity contribution in [2.45, 2.75) is 31.1 Å². The molecule has 1 saturated carbocycles. The quantitative estimate of drug-likeness (QED) is 0.489. The Morgan fingerprint density at radius 2 is 1.56 bits per heavy atom. The van der Waals surface area contributed by atoms with Crippen molar-refractivity contribution in [3.8, 4) is 0 Å². The molecule has 1 saturated heterocycles. The minimum atomic E-state index is -0.423. The average molecular weight is 505 g/mol. The van der Waals surface area contributed by atoms with Crippen molar-refractivity contribution in [2.75, 3.05) is 38.2 Å². The van der Waals surface area contributed by atoms with Crippen molar-refractivity contribution in [3.05, 3.63) is 77.1 Å². The van der Waals surface area contributed by atoms with Crippen molar-refractivity contribution in [1.82, 2.24) is 14.3 Å². The Kier molecular flexibility index (Phi) is 6.82. The SMILES string of the molecule is COC(=O)c1ccc(C(=O)N2CCN(c3nc(C4(c5ccccc5)CCC(=O)CC4)ns3)CC2)cc1. The first-order chi connectivity index (χ1) is 17.5. The largest absolute Gasteiger partial charge is 0.465 e. The van der Waals surface area contributed by atoms with E-state index in [2.05, 4.69) is 17.0 Å². The molecule has 3 aromatic rings. The number of methoxy groups -OCH3 is 1. The molecular weight excluding hydrogens is 476 g/mol. The molecule has 0 spiro atoms. The van der Waals surface area contributed by atoms with E-state index in [1.54, 1.807) is 24.3 Å². The van der Waals surface area contributed by atoms with Crippen LogP contribution in [0.1, 0.15) is 57.8 Å². The number of hydrogen-bond donors (Lipinski definition) is 0. The fourth-order valence-electron chi connectivity index (χ4n) is 5.04. The first-order valence-electron chi connectivity index (χ1n) is 12.1. The maximum absolute atomic E-state index is 13.0. The standard InChI is InChI=1S/C27H28N4O4S/c1-35-24(34)20-9-7-19(8-10-20)23(33)30-15-17-31(18-16-30)26-28-25(29-36-26)27(13-11-22(32)12-14-27)21-5-3-2-4-6-21/h2-10H,11-18H2,1H3. The number of esters is 1. The third kappa shape index (κ3) is 4.63. The molecule has 5 rings (SSSR count). The molecule has 186 valence electrons. The predicted molar refractivity (Wildman–Crippen MR) is 137 cm³/mol. The second kappa shape index (κ2) is 10.2. The summed E-state index contributed by atoms with van der Waals surface area (Å²) in [5, 5.41) is 0.853. The summed E-state index contributed by atoms with van der Waals surface area (Å²) in [7, 11) is 1.33. The van der Waals surface area contributed by atoms with Crippen LogP contribution in [-0.2, 0) is 14.9 Å². The number of carbonyl (C=O) groups excluding carboxylic acids is 3. The van der Waals surface area contributed by atoms with E-state index in [0.29, 0.717) is 55.9 Å². The van der Waals surface area contributed by atoms with Gasteiger partial charge in [-0.3, -0.25) is 9.59 Å². The first kappa shape index (κ1) is 24.1. The van der Waals surface area contributed by atoms with Crippen LogP contribution < -0.4 is 4.90 Å². The molecular formula is C27H28N4O4S. The highest BCUT2D eigenvalue weighted by atomic mass is 32.1. The smallest absolute Gasteiger partial charge is 0.337 e. The fraction of sp³-hybridized carbons (Fsp3) is 0.370. The maximum Gasteiger partial charge on any atom is 0.337 e. The second-order valence-electron chi connectivity index (χ2n) is 9.24. The van der Waals surface area contributed by atoms with Crippen LogP contribution in [0.25, 0.3) is 0 Å². The molecule has 8 nitrogen and oxygen atoms in total. The van der Waals surface area contributed by atoms with Crippen LogP contribution >= 0.6 is 11.5 Å². The maximum atomic E-state index is 13.0. The molecule has 0 unspecified atom stereocenters. The molecule has 1 aliphatic carbocycles. The second-order valence-corrected chi connectivity index (χ2v) is 9.97. The number of aromatic nitrogens is 2. The third-order valence-electron chi connectivity index (χ3n) is 7.22. The van der Waals surface area contributed by atoms with Gasteiger partial charge in [0.05, 0.1) is 18.1 Å². The summed E-state index contributed by atoms with van der Waals surface area (Å²) < 4.78 is 9.50. The number of anilines is 1. The van der Waals surface area contributed by atoms with Gasteiger partial charge in [-0.2, -0.15) is 4.37 Å². The molecule has 2 aliphatic rings. The normalized spacial score (nSPS) is 17.6. The van der Waals surface area contributed by atoms with Gasteiger partial charge in [-0.05, 0) is 42.7 Å². The number of amides is 1. The van der Waals surface area contributed by atoms with Gasteiger partial charge in [-0.15, -0.1) is 0 Å². The topological polar surface area (TPSA) is 92.7 Å². The Balaban J connectivity index is 1.27. The summed E-state index contributed by atoms with van der Waals surface area (Å²) in [5.41, 5.74) is 1.79. The molecule has 9 heteroatoms. The lowest BCUT2D eigenvalue weighted by Gasteiger charge is -2.35. The lowest BCUT2D eigenvalue weighted by molar-refractivity contribution is -0.121. The Labute approximate surface area is 214 Å². The Hall–Kier alpha value is -3.59. The van der Waals surface area contributed by atoms with Gasteiger partial charge in [0.15, 0.2) is 5.82 Å². The molecule has 0 bridgehead atoms. The highest BCUT2D eigenvalue weighted by molar-refractivity contribution is 7.09. The lowest BCUT2D eigenvalue weighted by Crippen LogP contribution is -2.48. The summed E-state index contributed by atoms with van der Waals surface area (Å²) in [4.78, 5) is 45.6. The van der Waals surface area contributed by atoms with E-state index in [0.717, 1.165) is 29.4 Å². The highest BCUT2D eigenvalue weighted by Crippen LogP contribution is 2.43. The van der Waals surface area contributed by atoms with Crippen molar-refractivity contribution in [1.29, 1.82) is 0 Å². The van der Waals surface area contributed by atoms with E-state index in [9.17, 15) is 14.4 Å². The summed E-state index contributed by atoms with van der Waals surface area (Å²) in [6, 6.07) is 16.8. The Bertz CT molecular complexity index is 1240. The average Bonchev–Trinajstić information content (AvgIpc) is 3.44. The fourth-order valence-corrected chi connectivity index (χ4v) is 5.85. The van der Waals surface area contributed by atoms with E-state index in [4.69, 9.17) is 14.1 Å². The molecule has 0 N–H and O–H groups in total. The van der Waals surface area contributed by atoms with Gasteiger partial charge in [0.1, 0.15) is 5.78 Å². The molecule has 2 fully saturated rings. The summed E-state index contributed by atoms with van der Waals surface area (Å²) in [6.07, 6.45) is 2.54. The van der Waals surface area contributed by atoms with Crippen LogP contribution in [0, 0.1) is 0 Å². The van der Waals surface area contributed by atoms with Crippen molar-refractivity contribution in [2.24, 2.45) is 0 Å². The summed E-state index contributed by atoms with van der Waals surface area (Å²) >= 11 is 1.39. The molecule has 0 atom stereocenters. The first-order valence-corrected chi connectivity index (χ1v) is 12.9. The van der Waals surface area contributed by atoms with E-state index in [1.165, 1.54) is 18.6 Å². The van der Waals surface area contributed by atoms with Crippen LogP contribution in [0.3, 0.4) is 0 Å². The number of nitrogens with zero attached hydrogens (tertiary/aromatic N) is 4. The third-order valence-corrected chi connectivity index (χ3v) is 8.00. The van der Waals surface area contributed by atoms with E-state index in [1.807, 2.05) is 23.1 Å². The zero-order valence-electron chi connectivity index (χ0n) is 20.2. The molecule has 2 heterocycles. The van der Waals surface area contributed by atoms with Crippen molar-refractivity contribution < 1.29 is 19.1 Å². The van der Waals surface area contributed by atoms with Gasteiger partial charge in [-0.1, -0.05) is 30.3 Å². The highest BCUT2D eigenvalue weighted by Gasteiger charge is 2.41. The molecule has 2 aromatic carbocycles. The van der Waals surface area contributed by atoms with Crippen LogP contribution in [-0.4, -0.2) is 65.2 Å². The van der Waals surface area contributed by atoms with E-state index >= 15 is 0 Å². The Morgan fingerprint density at radius 3 is 2.19 bits per heavy atom. The van der Waals surface area contributed by atoms with Crippen molar-refractivity contribution >= 4 is 34.3 Å². The van der Waals surface area contributed by atoms with Gasteiger partial charge in [0, 0.05) is 56.1 Å². The Morgan fingerprint density at radius 1 is 0.917 bits per heavy atom. The predicted octanol–water partition coefficient (Wildman–Crippen LogP) is 3.72. The molecule has 1 aromatic heterocycles.